The van der Waals surface area contributed by atoms with Gasteiger partial charge in [0.25, 0.3) is 0 Å². The lowest BCUT2D eigenvalue weighted by atomic mass is 10.1. The van der Waals surface area contributed by atoms with E-state index in [1.54, 1.807) is 0 Å². The van der Waals surface area contributed by atoms with Crippen molar-refractivity contribution in [1.29, 1.82) is 0 Å². The van der Waals surface area contributed by atoms with E-state index >= 15 is 0 Å². The summed E-state index contributed by atoms with van der Waals surface area (Å²) in [5.41, 5.74) is 4.37. The van der Waals surface area contributed by atoms with Crippen LogP contribution in [0.15, 0.2) is 167 Å². The van der Waals surface area contributed by atoms with Gasteiger partial charge in [0.05, 0.1) is 22.3 Å². The molecule has 6 rings (SSSR count). The fourth-order valence-corrected chi connectivity index (χ4v) is 3.85. The Balaban J connectivity index is 0.000000163. The van der Waals surface area contributed by atoms with Crippen molar-refractivity contribution in [2.75, 3.05) is 0 Å². The van der Waals surface area contributed by atoms with Crippen LogP contribution in [0.2, 0.25) is 0 Å². The first kappa shape index (κ1) is 29.0. The Morgan fingerprint density at radius 2 is 0.537 bits per heavy atom. The Kier molecular flexibility index (Phi) is 10.2. The lowest BCUT2D eigenvalue weighted by molar-refractivity contribution is 0.352. The van der Waals surface area contributed by atoms with Gasteiger partial charge in [-0.05, 0) is 60.7 Å². The van der Waals surface area contributed by atoms with E-state index in [1.807, 2.05) is 158 Å². The molecule has 204 valence electrons. The Morgan fingerprint density at radius 1 is 0.341 bits per heavy atom. The minimum absolute atomic E-state index is 0.886. The summed E-state index contributed by atoms with van der Waals surface area (Å²) < 4.78 is 46.0. The number of hydrogen-bond acceptors (Lipinski definition) is 4. The molecule has 0 aliphatic carbocycles. The van der Waals surface area contributed by atoms with E-state index < -0.39 is 10.4 Å². The van der Waals surface area contributed by atoms with Gasteiger partial charge in [-0.2, -0.15) is 0 Å². The average molecular weight is 563 g/mol. The maximum Gasteiger partial charge on any atom is 0.360 e. The van der Waals surface area contributed by atoms with E-state index in [9.17, 15) is 0 Å². The molecule has 6 nitrogen and oxygen atoms in total. The van der Waals surface area contributed by atoms with Gasteiger partial charge < -0.3 is 9.11 Å². The fourth-order valence-electron chi connectivity index (χ4n) is 3.85. The van der Waals surface area contributed by atoms with Gasteiger partial charge >= 0.3 is 23.0 Å². The van der Waals surface area contributed by atoms with Gasteiger partial charge in [-0.3, -0.25) is 8.42 Å². The highest BCUT2D eigenvalue weighted by atomic mass is 32.3. The van der Waals surface area contributed by atoms with E-state index in [1.165, 1.54) is 0 Å². The zero-order valence-electron chi connectivity index (χ0n) is 21.9. The van der Waals surface area contributed by atoms with Crippen molar-refractivity contribution in [2.45, 2.75) is 0 Å². The van der Waals surface area contributed by atoms with E-state index in [0.717, 1.165) is 45.3 Å². The summed E-state index contributed by atoms with van der Waals surface area (Å²) in [5.74, 6) is 3.54. The predicted octanol–water partition coefficient (Wildman–Crippen LogP) is 8.45. The Morgan fingerprint density at radius 3 is 0.732 bits per heavy atom. The molecule has 0 saturated heterocycles. The second-order valence-corrected chi connectivity index (χ2v) is 9.40. The molecule has 0 atom stereocenters. The second-order valence-electron chi connectivity index (χ2n) is 8.59. The molecule has 0 aliphatic heterocycles. The molecule has 0 N–H and O–H groups in total. The largest absolute Gasteiger partial charge is 0.759 e. The predicted molar refractivity (Wildman–Crippen MR) is 158 cm³/mol. The van der Waals surface area contributed by atoms with Crippen molar-refractivity contribution < 1.29 is 26.4 Å². The van der Waals surface area contributed by atoms with Crippen LogP contribution < -0.4 is 0 Å². The molecular weight excluding hydrogens is 536 g/mol. The smallest absolute Gasteiger partial charge is 0.360 e. The molecule has 0 bridgehead atoms. The molecule has 0 aliphatic rings. The molecular formula is C34H26O6S. The first-order valence-corrected chi connectivity index (χ1v) is 13.9. The van der Waals surface area contributed by atoms with Gasteiger partial charge in [0.1, 0.15) is 0 Å². The highest BCUT2D eigenvalue weighted by molar-refractivity contribution is 7.79. The van der Waals surface area contributed by atoms with Gasteiger partial charge in [-0.25, -0.2) is 8.83 Å². The minimum atomic E-state index is -5.17. The quantitative estimate of drug-likeness (QED) is 0.121. The van der Waals surface area contributed by atoms with E-state index in [4.69, 9.17) is 26.4 Å². The Bertz CT molecular complexity index is 1510. The van der Waals surface area contributed by atoms with Crippen LogP contribution in [0.5, 0.6) is 0 Å². The zero-order chi connectivity index (χ0) is 28.9. The van der Waals surface area contributed by atoms with Gasteiger partial charge in [0.15, 0.2) is 0 Å². The van der Waals surface area contributed by atoms with Crippen LogP contribution in [0.25, 0.3) is 45.3 Å². The van der Waals surface area contributed by atoms with Crippen LogP contribution >= 0.6 is 0 Å². The third-order valence-electron chi connectivity index (χ3n) is 5.66. The highest BCUT2D eigenvalue weighted by Crippen LogP contribution is 2.27. The van der Waals surface area contributed by atoms with Crippen LogP contribution in [-0.4, -0.2) is 17.5 Å². The number of rotatable bonds is 4. The standard InChI is InChI=1S/2C17H13O.H2O4S/c2*1-3-8-14(9-4-1)16-12-7-13-17(18-16)15-10-5-2-6-11-15;1-5(2,3)4/h2*1-13H;(H2,1,2,3,4)/q2*+1;/p-2. The highest BCUT2D eigenvalue weighted by Gasteiger charge is 2.16. The van der Waals surface area contributed by atoms with Crippen molar-refractivity contribution in [3.05, 3.63) is 158 Å². The maximum absolute atomic E-state index is 8.52. The summed E-state index contributed by atoms with van der Waals surface area (Å²) in [4.78, 5) is 0. The molecule has 41 heavy (non-hydrogen) atoms. The molecule has 0 radical (unpaired) electrons. The van der Waals surface area contributed by atoms with Crippen molar-refractivity contribution >= 4 is 10.4 Å². The van der Waals surface area contributed by atoms with Crippen molar-refractivity contribution in [1.82, 2.24) is 0 Å². The van der Waals surface area contributed by atoms with Crippen molar-refractivity contribution in [2.24, 2.45) is 0 Å². The first-order valence-electron chi connectivity index (χ1n) is 12.6. The van der Waals surface area contributed by atoms with Crippen LogP contribution in [0.4, 0.5) is 0 Å². The summed E-state index contributed by atoms with van der Waals surface area (Å²) in [6, 6.07) is 52.5. The third-order valence-corrected chi connectivity index (χ3v) is 5.66. The average Bonchev–Trinajstić information content (AvgIpc) is 3.02. The van der Waals surface area contributed by atoms with Crippen LogP contribution in [0, 0.1) is 0 Å². The molecule has 7 heteroatoms. The van der Waals surface area contributed by atoms with Crippen molar-refractivity contribution in [3.8, 4) is 45.3 Å². The lowest BCUT2D eigenvalue weighted by Gasteiger charge is -2.06. The molecule has 4 aromatic carbocycles. The number of benzene rings is 4. The van der Waals surface area contributed by atoms with Gasteiger partial charge in [-0.1, -0.05) is 72.8 Å². The molecule has 2 heterocycles. The topological polar surface area (TPSA) is 103 Å². The Hall–Kier alpha value is -4.95. The van der Waals surface area contributed by atoms with Crippen LogP contribution in [-0.2, 0) is 10.4 Å². The zero-order valence-corrected chi connectivity index (χ0v) is 22.7. The second kappa shape index (κ2) is 14.4. The minimum Gasteiger partial charge on any atom is -0.759 e. The van der Waals surface area contributed by atoms with Gasteiger partial charge in [-0.15, -0.1) is 0 Å². The van der Waals surface area contributed by atoms with Gasteiger partial charge in [0, 0.05) is 34.7 Å². The van der Waals surface area contributed by atoms with E-state index in [-0.39, 0.29) is 0 Å². The SMILES string of the molecule is O=S(=O)([O-])[O-].c1ccc(-c2cccc(-c3ccccc3)[o+]2)cc1.c1ccc(-c2cccc(-c3ccccc3)[o+]2)cc1. The molecule has 0 saturated carbocycles. The molecule has 0 fully saturated rings. The van der Waals surface area contributed by atoms with Gasteiger partial charge in [0.2, 0.25) is 0 Å². The van der Waals surface area contributed by atoms with E-state index in [0.29, 0.717) is 0 Å². The molecule has 0 amide bonds. The lowest BCUT2D eigenvalue weighted by Crippen LogP contribution is -1.91. The Labute approximate surface area is 239 Å². The summed E-state index contributed by atoms with van der Waals surface area (Å²) in [7, 11) is -5.17. The van der Waals surface area contributed by atoms with Crippen LogP contribution in [0.3, 0.4) is 0 Å². The number of hydrogen-bond donors (Lipinski definition) is 0. The first-order chi connectivity index (χ1) is 19.9. The molecule has 6 aromatic rings. The van der Waals surface area contributed by atoms with E-state index in [2.05, 4.69) is 0 Å². The van der Waals surface area contributed by atoms with Crippen molar-refractivity contribution in [3.63, 3.8) is 0 Å². The van der Waals surface area contributed by atoms with Crippen LogP contribution in [0.1, 0.15) is 0 Å². The normalized spacial score (nSPS) is 10.4. The summed E-state index contributed by atoms with van der Waals surface area (Å²) in [6.07, 6.45) is 0. The monoisotopic (exact) mass is 562 g/mol. The maximum atomic E-state index is 8.52. The molecule has 0 unspecified atom stereocenters. The summed E-state index contributed by atoms with van der Waals surface area (Å²) in [5, 5.41) is 0. The summed E-state index contributed by atoms with van der Waals surface area (Å²) >= 11 is 0. The third kappa shape index (κ3) is 9.63. The summed E-state index contributed by atoms with van der Waals surface area (Å²) in [6.45, 7) is 0. The fraction of sp³-hybridized carbons (Fsp3) is 0. The molecule has 0 spiro atoms. The molecule has 2 aromatic heterocycles.